The fourth-order valence-corrected chi connectivity index (χ4v) is 3.41. The van der Waals surface area contributed by atoms with E-state index in [1.807, 2.05) is 44.3 Å². The molecule has 0 spiro atoms. The van der Waals surface area contributed by atoms with E-state index >= 15 is 0 Å². The Hall–Kier alpha value is -1.23. The average molecular weight is 357 g/mol. The van der Waals surface area contributed by atoms with E-state index in [2.05, 4.69) is 10.2 Å². The minimum atomic E-state index is -0.0151. The lowest BCUT2D eigenvalue weighted by atomic mass is 10.2. The zero-order chi connectivity index (χ0) is 16.1. The van der Waals surface area contributed by atoms with Crippen molar-refractivity contribution in [3.8, 4) is 0 Å². The van der Waals surface area contributed by atoms with Crippen LogP contribution in [0.5, 0.6) is 0 Å². The highest BCUT2D eigenvalue weighted by atomic mass is 35.5. The number of amides is 1. The summed E-state index contributed by atoms with van der Waals surface area (Å²) in [5, 5.41) is 3.37. The summed E-state index contributed by atoms with van der Waals surface area (Å²) in [6, 6.07) is 9.56. The molecule has 0 fully saturated rings. The zero-order valence-electron chi connectivity index (χ0n) is 12.5. The normalized spacial score (nSPS) is 10.5. The fourth-order valence-electron chi connectivity index (χ4n) is 2.04. The Kier molecular flexibility index (Phi) is 6.12. The molecular weight excluding hydrogens is 339 g/mol. The number of nitrogens with one attached hydrogen (secondary N) is 1. The molecule has 3 nitrogen and oxygen atoms in total. The van der Waals surface area contributed by atoms with Crippen molar-refractivity contribution in [2.45, 2.75) is 26.3 Å². The van der Waals surface area contributed by atoms with Crippen molar-refractivity contribution in [2.24, 2.45) is 0 Å². The number of hydrogen-bond donors (Lipinski definition) is 1. The van der Waals surface area contributed by atoms with Gasteiger partial charge in [-0.15, -0.1) is 11.3 Å². The summed E-state index contributed by atoms with van der Waals surface area (Å²) >= 11 is 13.8. The molecule has 1 N–H and O–H groups in total. The Morgan fingerprint density at radius 2 is 2.05 bits per heavy atom. The maximum Gasteiger partial charge on any atom is 0.224 e. The number of nitrogens with zero attached hydrogens (tertiary/aromatic N) is 1. The first-order chi connectivity index (χ1) is 10.5. The largest absolute Gasteiger partial charge is 0.369 e. The van der Waals surface area contributed by atoms with Crippen LogP contribution in [-0.4, -0.2) is 13.0 Å². The van der Waals surface area contributed by atoms with Gasteiger partial charge in [0.15, 0.2) is 0 Å². The SMILES string of the molecule is CCCC(=O)Nc1ccc(N(C)Cc2ccc(Cl)s2)cc1Cl. The molecule has 118 valence electrons. The van der Waals surface area contributed by atoms with Crippen molar-refractivity contribution in [3.63, 3.8) is 0 Å². The fraction of sp³-hybridized carbons (Fsp3) is 0.312. The van der Waals surface area contributed by atoms with Crippen LogP contribution in [-0.2, 0) is 11.3 Å². The van der Waals surface area contributed by atoms with E-state index in [9.17, 15) is 4.79 Å². The Bertz CT molecular complexity index is 657. The van der Waals surface area contributed by atoms with E-state index in [0.717, 1.165) is 23.0 Å². The zero-order valence-corrected chi connectivity index (χ0v) is 14.9. The molecule has 0 aliphatic heterocycles. The third-order valence-electron chi connectivity index (χ3n) is 3.17. The number of halogens is 2. The van der Waals surface area contributed by atoms with Gasteiger partial charge >= 0.3 is 0 Å². The number of anilines is 2. The van der Waals surface area contributed by atoms with Gasteiger partial charge in [-0.3, -0.25) is 4.79 Å². The van der Waals surface area contributed by atoms with Crippen molar-refractivity contribution < 1.29 is 4.79 Å². The first-order valence-electron chi connectivity index (χ1n) is 7.04. The molecule has 1 aromatic carbocycles. The molecule has 0 radical (unpaired) electrons. The highest BCUT2D eigenvalue weighted by Gasteiger charge is 2.09. The molecule has 0 bridgehead atoms. The lowest BCUT2D eigenvalue weighted by Crippen LogP contribution is -2.16. The van der Waals surface area contributed by atoms with E-state index < -0.39 is 0 Å². The molecule has 1 aromatic heterocycles. The van der Waals surface area contributed by atoms with E-state index in [0.29, 0.717) is 17.1 Å². The number of benzene rings is 1. The lowest BCUT2D eigenvalue weighted by molar-refractivity contribution is -0.116. The summed E-state index contributed by atoms with van der Waals surface area (Å²) in [5.41, 5.74) is 1.64. The molecule has 2 rings (SSSR count). The smallest absolute Gasteiger partial charge is 0.224 e. The van der Waals surface area contributed by atoms with Crippen LogP contribution in [0.15, 0.2) is 30.3 Å². The molecule has 0 unspecified atom stereocenters. The van der Waals surface area contributed by atoms with Gasteiger partial charge in [-0.1, -0.05) is 30.1 Å². The van der Waals surface area contributed by atoms with Gasteiger partial charge in [0.2, 0.25) is 5.91 Å². The third-order valence-corrected chi connectivity index (χ3v) is 4.70. The molecule has 0 aliphatic carbocycles. The molecule has 0 aliphatic rings. The van der Waals surface area contributed by atoms with Gasteiger partial charge in [0.1, 0.15) is 0 Å². The van der Waals surface area contributed by atoms with Crippen LogP contribution in [0.2, 0.25) is 9.36 Å². The second kappa shape index (κ2) is 7.86. The Morgan fingerprint density at radius 3 is 2.64 bits per heavy atom. The number of rotatable bonds is 6. The molecule has 1 amide bonds. The van der Waals surface area contributed by atoms with Crippen LogP contribution in [0.3, 0.4) is 0 Å². The van der Waals surface area contributed by atoms with Gasteiger partial charge in [0.25, 0.3) is 0 Å². The Balaban J connectivity index is 2.06. The van der Waals surface area contributed by atoms with E-state index in [1.54, 1.807) is 11.3 Å². The van der Waals surface area contributed by atoms with E-state index in [-0.39, 0.29) is 5.91 Å². The average Bonchev–Trinajstić information content (AvgIpc) is 2.86. The second-order valence-corrected chi connectivity index (χ2v) is 7.23. The van der Waals surface area contributed by atoms with Gasteiger partial charge in [-0.25, -0.2) is 0 Å². The third kappa shape index (κ3) is 4.63. The minimum Gasteiger partial charge on any atom is -0.369 e. The van der Waals surface area contributed by atoms with Gasteiger partial charge in [-0.2, -0.15) is 0 Å². The predicted molar refractivity (Wildman–Crippen MR) is 96.4 cm³/mol. The van der Waals surface area contributed by atoms with Crippen molar-refractivity contribution in [2.75, 3.05) is 17.3 Å². The quantitative estimate of drug-likeness (QED) is 0.748. The van der Waals surface area contributed by atoms with Crippen molar-refractivity contribution in [1.82, 2.24) is 0 Å². The highest BCUT2D eigenvalue weighted by molar-refractivity contribution is 7.16. The van der Waals surface area contributed by atoms with Crippen molar-refractivity contribution in [1.29, 1.82) is 0 Å². The predicted octanol–water partition coefficient (Wildman–Crippen LogP) is 5.43. The first kappa shape index (κ1) is 17.1. The van der Waals surface area contributed by atoms with Crippen LogP contribution in [0, 0.1) is 0 Å². The first-order valence-corrected chi connectivity index (χ1v) is 8.61. The molecule has 22 heavy (non-hydrogen) atoms. The number of carbonyl (C=O) groups excluding carboxylic acids is 1. The number of hydrogen-bond acceptors (Lipinski definition) is 3. The molecule has 2 aromatic rings. The second-order valence-electron chi connectivity index (χ2n) is 5.02. The molecule has 1 heterocycles. The maximum atomic E-state index is 11.6. The lowest BCUT2D eigenvalue weighted by Gasteiger charge is -2.19. The van der Waals surface area contributed by atoms with Gasteiger partial charge in [-0.05, 0) is 36.8 Å². The van der Waals surface area contributed by atoms with Crippen LogP contribution in [0.25, 0.3) is 0 Å². The number of carbonyl (C=O) groups is 1. The van der Waals surface area contributed by atoms with Crippen LogP contribution in [0.1, 0.15) is 24.6 Å². The molecule has 0 atom stereocenters. The minimum absolute atomic E-state index is 0.0151. The molecule has 6 heteroatoms. The van der Waals surface area contributed by atoms with Gasteiger partial charge in [0.05, 0.1) is 21.6 Å². The summed E-state index contributed by atoms with van der Waals surface area (Å²) in [6.45, 7) is 2.73. The highest BCUT2D eigenvalue weighted by Crippen LogP contribution is 2.29. The Labute approximate surface area is 144 Å². The summed E-state index contributed by atoms with van der Waals surface area (Å²) in [7, 11) is 1.99. The van der Waals surface area contributed by atoms with Gasteiger partial charge < -0.3 is 10.2 Å². The standard InChI is InChI=1S/C16H18Cl2N2OS/c1-3-4-16(21)19-14-7-5-11(9-13(14)17)20(2)10-12-6-8-15(18)22-12/h5-9H,3-4,10H2,1-2H3,(H,19,21). The number of thiophene rings is 1. The summed E-state index contributed by atoms with van der Waals surface area (Å²) in [6.07, 6.45) is 1.31. The summed E-state index contributed by atoms with van der Waals surface area (Å²) in [5.74, 6) is -0.0151. The molecule has 0 saturated carbocycles. The monoisotopic (exact) mass is 356 g/mol. The van der Waals surface area contributed by atoms with E-state index in [4.69, 9.17) is 23.2 Å². The summed E-state index contributed by atoms with van der Waals surface area (Å²) in [4.78, 5) is 14.9. The molecular formula is C16H18Cl2N2OS. The van der Waals surface area contributed by atoms with Crippen LogP contribution in [0.4, 0.5) is 11.4 Å². The van der Waals surface area contributed by atoms with Crippen LogP contribution >= 0.6 is 34.5 Å². The van der Waals surface area contributed by atoms with Crippen molar-refractivity contribution >= 4 is 51.8 Å². The van der Waals surface area contributed by atoms with E-state index in [1.165, 1.54) is 4.88 Å². The van der Waals surface area contributed by atoms with Crippen LogP contribution < -0.4 is 10.2 Å². The topological polar surface area (TPSA) is 32.3 Å². The van der Waals surface area contributed by atoms with Gasteiger partial charge in [0, 0.05) is 24.0 Å². The maximum absolute atomic E-state index is 11.6. The summed E-state index contributed by atoms with van der Waals surface area (Å²) < 4.78 is 0.787. The molecule has 0 saturated heterocycles. The Morgan fingerprint density at radius 1 is 1.27 bits per heavy atom. The van der Waals surface area contributed by atoms with Crippen molar-refractivity contribution in [3.05, 3.63) is 44.6 Å².